The van der Waals surface area contributed by atoms with Gasteiger partial charge in [0.15, 0.2) is 0 Å². The summed E-state index contributed by atoms with van der Waals surface area (Å²) in [5.74, 6) is -0.919. The Hall–Kier alpha value is -3.03. The first-order valence-corrected chi connectivity index (χ1v) is 7.83. The largest absolute Gasteiger partial charge is 0.462 e. The van der Waals surface area contributed by atoms with E-state index in [0.29, 0.717) is 0 Å². The van der Waals surface area contributed by atoms with Gasteiger partial charge in [-0.15, -0.1) is 0 Å². The van der Waals surface area contributed by atoms with Crippen LogP contribution >= 0.6 is 0 Å². The van der Waals surface area contributed by atoms with Gasteiger partial charge in [-0.05, 0) is 37.1 Å². The highest BCUT2D eigenvalue weighted by atomic mass is 19.1. The van der Waals surface area contributed by atoms with Gasteiger partial charge in [-0.2, -0.15) is 0 Å². The number of halogens is 1. The van der Waals surface area contributed by atoms with Crippen molar-refractivity contribution in [2.75, 3.05) is 11.9 Å². The molecule has 0 saturated heterocycles. The van der Waals surface area contributed by atoms with Gasteiger partial charge in [0, 0.05) is 18.2 Å². The number of hydrogen-bond acceptors (Lipinski definition) is 6. The van der Waals surface area contributed by atoms with E-state index in [-0.39, 0.29) is 35.8 Å². The second kappa shape index (κ2) is 6.84. The number of rotatable bonds is 6. The molecular weight excluding hydrogens is 329 g/mol. The quantitative estimate of drug-likeness (QED) is 0.490. The van der Waals surface area contributed by atoms with Gasteiger partial charge < -0.3 is 10.1 Å². The number of nitrogens with one attached hydrogen (secondary N) is 1. The van der Waals surface area contributed by atoms with Crippen LogP contribution < -0.4 is 5.32 Å². The van der Waals surface area contributed by atoms with Gasteiger partial charge in [-0.25, -0.2) is 14.2 Å². The number of ether oxygens (including phenoxy) is 1. The van der Waals surface area contributed by atoms with Crippen LogP contribution in [0.1, 0.15) is 35.2 Å². The van der Waals surface area contributed by atoms with Crippen molar-refractivity contribution in [2.24, 2.45) is 0 Å². The molecule has 0 amide bonds. The van der Waals surface area contributed by atoms with Crippen LogP contribution in [-0.2, 0) is 4.74 Å². The predicted octanol–water partition coefficient (Wildman–Crippen LogP) is 3.27. The Morgan fingerprint density at radius 2 is 2.12 bits per heavy atom. The third-order valence-corrected chi connectivity index (χ3v) is 4.01. The molecule has 1 saturated carbocycles. The molecule has 1 aliphatic rings. The highest BCUT2D eigenvalue weighted by Gasteiger charge is 2.40. The van der Waals surface area contributed by atoms with Crippen LogP contribution in [0.5, 0.6) is 0 Å². The number of hydrogen-bond donors (Lipinski definition) is 1. The number of nitrogens with zero attached hydrogens (tertiary/aromatic N) is 2. The first kappa shape index (κ1) is 16.8. The fourth-order valence-electron chi connectivity index (χ4n) is 2.73. The summed E-state index contributed by atoms with van der Waals surface area (Å²) in [6, 6.07) is 7.36. The maximum atomic E-state index is 13.0. The van der Waals surface area contributed by atoms with E-state index in [9.17, 15) is 19.3 Å². The van der Waals surface area contributed by atoms with E-state index in [4.69, 9.17) is 4.74 Å². The van der Waals surface area contributed by atoms with E-state index >= 15 is 0 Å². The van der Waals surface area contributed by atoms with Crippen LogP contribution in [0.25, 0.3) is 0 Å². The summed E-state index contributed by atoms with van der Waals surface area (Å²) >= 11 is 0. The molecule has 1 aliphatic carbocycles. The minimum absolute atomic E-state index is 0.0326. The number of benzene rings is 1. The fourth-order valence-corrected chi connectivity index (χ4v) is 2.73. The zero-order chi connectivity index (χ0) is 18.0. The Kier molecular flexibility index (Phi) is 4.60. The fraction of sp³-hybridized carbons (Fsp3) is 0.294. The average Bonchev–Trinajstić information content (AvgIpc) is 3.34. The molecule has 0 bridgehead atoms. The van der Waals surface area contributed by atoms with Crippen molar-refractivity contribution in [3.8, 4) is 0 Å². The monoisotopic (exact) mass is 345 g/mol. The number of esters is 1. The van der Waals surface area contributed by atoms with Crippen molar-refractivity contribution >= 4 is 17.5 Å². The van der Waals surface area contributed by atoms with Crippen LogP contribution in [0, 0.1) is 15.9 Å². The molecule has 1 heterocycles. The van der Waals surface area contributed by atoms with Gasteiger partial charge in [0.25, 0.3) is 0 Å². The van der Waals surface area contributed by atoms with Crippen LogP contribution in [-0.4, -0.2) is 28.5 Å². The van der Waals surface area contributed by atoms with E-state index in [2.05, 4.69) is 10.3 Å². The van der Waals surface area contributed by atoms with Crippen molar-refractivity contribution < 1.29 is 18.8 Å². The molecule has 1 fully saturated rings. The number of anilines is 1. The lowest BCUT2D eigenvalue weighted by atomic mass is 10.1. The molecule has 1 aromatic carbocycles. The smallest absolute Gasteiger partial charge is 0.345 e. The number of carbonyl (C=O) groups is 1. The molecule has 1 N–H and O–H groups in total. The average molecular weight is 345 g/mol. The number of nitro groups is 1. The van der Waals surface area contributed by atoms with Crippen molar-refractivity contribution in [1.82, 2.24) is 4.98 Å². The van der Waals surface area contributed by atoms with E-state index in [1.165, 1.54) is 24.4 Å². The topological polar surface area (TPSA) is 94.4 Å². The SMILES string of the molecule is CCOC(=O)c1ccnc(N[C@@H]2C[C@H]2c2ccc(F)cc2)c1[N+](=O)[O-]. The summed E-state index contributed by atoms with van der Waals surface area (Å²) in [5, 5.41) is 14.4. The summed E-state index contributed by atoms with van der Waals surface area (Å²) in [6.45, 7) is 1.75. The molecule has 1 aromatic heterocycles. The Bertz CT molecular complexity index is 810. The number of pyridine rings is 1. The lowest BCUT2D eigenvalue weighted by Crippen LogP contribution is -2.13. The van der Waals surface area contributed by atoms with Gasteiger partial charge in [0.1, 0.15) is 11.4 Å². The van der Waals surface area contributed by atoms with Gasteiger partial charge >= 0.3 is 11.7 Å². The first-order chi connectivity index (χ1) is 12.0. The van der Waals surface area contributed by atoms with Crippen LogP contribution in [0.2, 0.25) is 0 Å². The molecule has 3 rings (SSSR count). The van der Waals surface area contributed by atoms with Crippen LogP contribution in [0.4, 0.5) is 15.9 Å². The molecular formula is C17H16FN3O4. The molecule has 7 nitrogen and oxygen atoms in total. The molecule has 0 radical (unpaired) electrons. The summed E-state index contributed by atoms with van der Waals surface area (Å²) < 4.78 is 17.9. The van der Waals surface area contributed by atoms with Crippen molar-refractivity contribution in [3.63, 3.8) is 0 Å². The minimum Gasteiger partial charge on any atom is -0.462 e. The zero-order valence-electron chi connectivity index (χ0n) is 13.4. The van der Waals surface area contributed by atoms with Crippen molar-refractivity contribution in [1.29, 1.82) is 0 Å². The van der Waals surface area contributed by atoms with Gasteiger partial charge in [0.2, 0.25) is 5.82 Å². The lowest BCUT2D eigenvalue weighted by Gasteiger charge is -2.09. The van der Waals surface area contributed by atoms with Crippen molar-refractivity contribution in [2.45, 2.75) is 25.3 Å². The summed E-state index contributed by atoms with van der Waals surface area (Å²) in [4.78, 5) is 26.7. The Balaban J connectivity index is 1.81. The Morgan fingerprint density at radius 3 is 2.76 bits per heavy atom. The van der Waals surface area contributed by atoms with E-state index < -0.39 is 16.6 Å². The zero-order valence-corrected chi connectivity index (χ0v) is 13.4. The molecule has 2 atom stereocenters. The normalized spacial score (nSPS) is 18.5. The second-order valence-corrected chi connectivity index (χ2v) is 5.68. The summed E-state index contributed by atoms with van der Waals surface area (Å²) in [6.07, 6.45) is 2.07. The highest BCUT2D eigenvalue weighted by molar-refractivity contribution is 5.96. The molecule has 130 valence electrons. The standard InChI is InChI=1S/C17H16FN3O4/c1-2-25-17(22)12-7-8-19-16(15(12)21(23)24)20-14-9-13(14)10-3-5-11(18)6-4-10/h3-8,13-14H,2,9H2,1H3,(H,19,20)/t13-,14+/m0/s1. The molecule has 25 heavy (non-hydrogen) atoms. The van der Waals surface area contributed by atoms with E-state index in [0.717, 1.165) is 12.0 Å². The highest BCUT2D eigenvalue weighted by Crippen LogP contribution is 2.44. The van der Waals surface area contributed by atoms with E-state index in [1.54, 1.807) is 19.1 Å². The maximum absolute atomic E-state index is 13.0. The molecule has 0 unspecified atom stereocenters. The molecule has 0 spiro atoms. The van der Waals surface area contributed by atoms with Crippen molar-refractivity contribution in [3.05, 3.63) is 63.6 Å². The lowest BCUT2D eigenvalue weighted by molar-refractivity contribution is -0.384. The van der Waals surface area contributed by atoms with Gasteiger partial charge in [-0.1, -0.05) is 12.1 Å². The number of aromatic nitrogens is 1. The summed E-state index contributed by atoms with van der Waals surface area (Å²) in [5.41, 5.74) is 0.414. The maximum Gasteiger partial charge on any atom is 0.345 e. The molecule has 2 aromatic rings. The third-order valence-electron chi connectivity index (χ3n) is 4.01. The molecule has 0 aliphatic heterocycles. The van der Waals surface area contributed by atoms with Crippen LogP contribution in [0.15, 0.2) is 36.5 Å². The Labute approximate surface area is 143 Å². The van der Waals surface area contributed by atoms with E-state index in [1.807, 2.05) is 0 Å². The molecule has 8 heteroatoms. The second-order valence-electron chi connectivity index (χ2n) is 5.68. The Morgan fingerprint density at radius 1 is 1.40 bits per heavy atom. The van der Waals surface area contributed by atoms with Gasteiger partial charge in [-0.3, -0.25) is 10.1 Å². The summed E-state index contributed by atoms with van der Waals surface area (Å²) in [7, 11) is 0. The third kappa shape index (κ3) is 3.57. The predicted molar refractivity (Wildman–Crippen MR) is 88.0 cm³/mol. The van der Waals surface area contributed by atoms with Gasteiger partial charge in [0.05, 0.1) is 11.5 Å². The van der Waals surface area contributed by atoms with Crippen LogP contribution in [0.3, 0.4) is 0 Å². The minimum atomic E-state index is -0.759. The first-order valence-electron chi connectivity index (χ1n) is 7.83. The number of carbonyl (C=O) groups excluding carboxylic acids is 1.